The van der Waals surface area contributed by atoms with E-state index in [1.165, 1.54) is 4.88 Å². The molecule has 0 aliphatic heterocycles. The summed E-state index contributed by atoms with van der Waals surface area (Å²) in [6.45, 7) is 0. The zero-order chi connectivity index (χ0) is 8.39. The molecule has 12 heavy (non-hydrogen) atoms. The van der Waals surface area contributed by atoms with Gasteiger partial charge >= 0.3 is 6.01 Å². The van der Waals surface area contributed by atoms with E-state index >= 15 is 0 Å². The molecule has 0 aromatic carbocycles. The summed E-state index contributed by atoms with van der Waals surface area (Å²) >= 11 is 1.66. The zero-order valence-electron chi connectivity index (χ0n) is 6.23. The lowest BCUT2D eigenvalue weighted by Crippen LogP contribution is -1.88. The quantitative estimate of drug-likeness (QED) is 0.758. The maximum Gasteiger partial charge on any atom is 0.318 e. The van der Waals surface area contributed by atoms with E-state index in [0.717, 1.165) is 0 Å². The fourth-order valence-electron chi connectivity index (χ4n) is 0.908. The number of thiophene rings is 1. The number of nitrogens with two attached hydrogens (primary N) is 1. The third kappa shape index (κ3) is 1.45. The summed E-state index contributed by atoms with van der Waals surface area (Å²) in [7, 11) is 0. The smallest absolute Gasteiger partial charge is 0.318 e. The number of hydrogen-bond donors (Lipinski definition) is 1. The molecule has 2 N–H and O–H groups in total. The van der Waals surface area contributed by atoms with Crippen LogP contribution in [0.2, 0.25) is 0 Å². The second kappa shape index (κ2) is 2.94. The number of aromatic nitrogens is 2. The number of hydrogen-bond acceptors (Lipinski definition) is 5. The first-order valence-corrected chi connectivity index (χ1v) is 4.33. The molecule has 4 nitrogen and oxygen atoms in total. The standard InChI is InChI=1S/C7H7N3OS/c8-7-9-6(10-11-7)4-5-2-1-3-12-5/h1-3H,4H2,(H2,8,9,10). The van der Waals surface area contributed by atoms with Crippen LogP contribution >= 0.6 is 11.3 Å². The van der Waals surface area contributed by atoms with Gasteiger partial charge in [0.25, 0.3) is 0 Å². The van der Waals surface area contributed by atoms with Gasteiger partial charge in [0.1, 0.15) is 0 Å². The molecule has 0 aliphatic carbocycles. The molecular formula is C7H7N3OS. The SMILES string of the molecule is Nc1nc(Cc2cccs2)no1. The molecule has 0 fully saturated rings. The topological polar surface area (TPSA) is 64.9 Å². The van der Waals surface area contributed by atoms with Crippen molar-refractivity contribution in [1.82, 2.24) is 10.1 Å². The highest BCUT2D eigenvalue weighted by molar-refractivity contribution is 7.09. The summed E-state index contributed by atoms with van der Waals surface area (Å²) in [6.07, 6.45) is 0.693. The van der Waals surface area contributed by atoms with E-state index < -0.39 is 0 Å². The Morgan fingerprint density at radius 3 is 3.08 bits per heavy atom. The number of anilines is 1. The van der Waals surface area contributed by atoms with Crippen LogP contribution in [0.1, 0.15) is 10.7 Å². The van der Waals surface area contributed by atoms with Gasteiger partial charge in [0.15, 0.2) is 5.82 Å². The van der Waals surface area contributed by atoms with Crippen molar-refractivity contribution >= 4 is 17.4 Å². The van der Waals surface area contributed by atoms with E-state index in [1.807, 2.05) is 17.5 Å². The van der Waals surface area contributed by atoms with E-state index in [9.17, 15) is 0 Å². The first kappa shape index (κ1) is 7.30. The minimum Gasteiger partial charge on any atom is -0.351 e. The molecule has 0 radical (unpaired) electrons. The summed E-state index contributed by atoms with van der Waals surface area (Å²) in [5.41, 5.74) is 5.27. The molecule has 2 aromatic heterocycles. The van der Waals surface area contributed by atoms with Crippen LogP contribution in [0.4, 0.5) is 6.01 Å². The maximum absolute atomic E-state index is 5.27. The third-order valence-electron chi connectivity index (χ3n) is 1.40. The van der Waals surface area contributed by atoms with Gasteiger partial charge in [-0.2, -0.15) is 4.98 Å². The molecule has 0 amide bonds. The summed E-state index contributed by atoms with van der Waals surface area (Å²) in [5.74, 6) is 0.634. The van der Waals surface area contributed by atoms with Crippen LogP contribution in [0.25, 0.3) is 0 Å². The van der Waals surface area contributed by atoms with Crippen LogP contribution in [-0.4, -0.2) is 10.1 Å². The van der Waals surface area contributed by atoms with E-state index in [-0.39, 0.29) is 6.01 Å². The molecule has 0 saturated carbocycles. The summed E-state index contributed by atoms with van der Waals surface area (Å²) in [6, 6.07) is 4.14. The zero-order valence-corrected chi connectivity index (χ0v) is 7.04. The second-order valence-electron chi connectivity index (χ2n) is 2.30. The molecule has 0 unspecified atom stereocenters. The van der Waals surface area contributed by atoms with Gasteiger partial charge in [0.05, 0.1) is 0 Å². The van der Waals surface area contributed by atoms with Crippen LogP contribution in [0.15, 0.2) is 22.0 Å². The highest BCUT2D eigenvalue weighted by Crippen LogP contribution is 2.12. The predicted octanol–water partition coefficient (Wildman–Crippen LogP) is 1.30. The van der Waals surface area contributed by atoms with Gasteiger partial charge in [-0.3, -0.25) is 0 Å². The van der Waals surface area contributed by atoms with Crippen LogP contribution in [0.3, 0.4) is 0 Å². The van der Waals surface area contributed by atoms with Crippen molar-refractivity contribution in [3.8, 4) is 0 Å². The molecule has 0 saturated heterocycles. The average Bonchev–Trinajstić information content (AvgIpc) is 2.63. The lowest BCUT2D eigenvalue weighted by atomic mass is 10.3. The Labute approximate surface area is 73.0 Å². The number of nitrogens with zero attached hydrogens (tertiary/aromatic N) is 2. The summed E-state index contributed by atoms with van der Waals surface area (Å²) in [4.78, 5) is 5.10. The Morgan fingerprint density at radius 1 is 1.58 bits per heavy atom. The highest BCUT2D eigenvalue weighted by Gasteiger charge is 2.03. The van der Waals surface area contributed by atoms with Crippen molar-refractivity contribution in [3.63, 3.8) is 0 Å². The summed E-state index contributed by atoms with van der Waals surface area (Å²) in [5, 5.41) is 5.70. The van der Waals surface area contributed by atoms with Crippen LogP contribution in [-0.2, 0) is 6.42 Å². The van der Waals surface area contributed by atoms with Crippen molar-refractivity contribution in [2.45, 2.75) is 6.42 Å². The molecule has 0 bridgehead atoms. The number of nitrogen functional groups attached to an aromatic ring is 1. The lowest BCUT2D eigenvalue weighted by Gasteiger charge is -1.86. The van der Waals surface area contributed by atoms with E-state index in [0.29, 0.717) is 12.2 Å². The summed E-state index contributed by atoms with van der Waals surface area (Å²) < 4.78 is 4.63. The normalized spacial score (nSPS) is 10.3. The van der Waals surface area contributed by atoms with Gasteiger partial charge in [-0.15, -0.1) is 11.3 Å². The van der Waals surface area contributed by atoms with Crippen molar-refractivity contribution in [1.29, 1.82) is 0 Å². The van der Waals surface area contributed by atoms with Crippen LogP contribution in [0.5, 0.6) is 0 Å². The van der Waals surface area contributed by atoms with Gasteiger partial charge in [-0.1, -0.05) is 11.2 Å². The molecule has 0 aliphatic rings. The lowest BCUT2D eigenvalue weighted by molar-refractivity contribution is 0.428. The minimum atomic E-state index is 0.126. The van der Waals surface area contributed by atoms with Crippen molar-refractivity contribution in [2.24, 2.45) is 0 Å². The molecule has 62 valence electrons. The van der Waals surface area contributed by atoms with Crippen molar-refractivity contribution in [2.75, 3.05) is 5.73 Å². The van der Waals surface area contributed by atoms with Crippen LogP contribution < -0.4 is 5.73 Å². The average molecular weight is 181 g/mol. The molecule has 5 heteroatoms. The Balaban J connectivity index is 2.14. The monoisotopic (exact) mass is 181 g/mol. The fourth-order valence-corrected chi connectivity index (χ4v) is 1.61. The van der Waals surface area contributed by atoms with E-state index in [2.05, 4.69) is 14.7 Å². The van der Waals surface area contributed by atoms with Gasteiger partial charge in [0.2, 0.25) is 0 Å². The maximum atomic E-state index is 5.27. The molecule has 0 spiro atoms. The fraction of sp³-hybridized carbons (Fsp3) is 0.143. The first-order chi connectivity index (χ1) is 5.84. The second-order valence-corrected chi connectivity index (χ2v) is 3.34. The first-order valence-electron chi connectivity index (χ1n) is 3.45. The van der Waals surface area contributed by atoms with Gasteiger partial charge in [-0.05, 0) is 11.4 Å². The van der Waals surface area contributed by atoms with E-state index in [1.54, 1.807) is 11.3 Å². The van der Waals surface area contributed by atoms with Gasteiger partial charge < -0.3 is 10.3 Å². The molecule has 2 rings (SSSR count). The van der Waals surface area contributed by atoms with Gasteiger partial charge in [0, 0.05) is 11.3 Å². The molecule has 2 heterocycles. The Kier molecular flexibility index (Phi) is 1.79. The van der Waals surface area contributed by atoms with E-state index in [4.69, 9.17) is 5.73 Å². The molecular weight excluding hydrogens is 174 g/mol. The highest BCUT2D eigenvalue weighted by atomic mass is 32.1. The van der Waals surface area contributed by atoms with Gasteiger partial charge in [-0.25, -0.2) is 0 Å². The van der Waals surface area contributed by atoms with Crippen molar-refractivity contribution < 1.29 is 4.52 Å². The molecule has 0 atom stereocenters. The third-order valence-corrected chi connectivity index (χ3v) is 2.27. The largest absolute Gasteiger partial charge is 0.351 e. The Morgan fingerprint density at radius 2 is 2.50 bits per heavy atom. The predicted molar refractivity (Wildman–Crippen MR) is 45.8 cm³/mol. The molecule has 2 aromatic rings. The Hall–Kier alpha value is -1.36. The van der Waals surface area contributed by atoms with Crippen LogP contribution in [0, 0.1) is 0 Å². The number of rotatable bonds is 2. The Bertz CT molecular complexity index is 354. The minimum absolute atomic E-state index is 0.126. The van der Waals surface area contributed by atoms with Crippen molar-refractivity contribution in [3.05, 3.63) is 28.2 Å².